The second-order valence-corrected chi connectivity index (χ2v) is 10.2. The van der Waals surface area contributed by atoms with Crippen molar-refractivity contribution < 1.29 is 14.3 Å². The predicted octanol–water partition coefficient (Wildman–Crippen LogP) is 4.54. The Labute approximate surface area is 223 Å². The highest BCUT2D eigenvalue weighted by Crippen LogP contribution is 2.26. The molecule has 10 heteroatoms. The summed E-state index contributed by atoms with van der Waals surface area (Å²) in [5.41, 5.74) is 8.02. The Morgan fingerprint density at radius 2 is 1.76 bits per heavy atom. The first-order valence-corrected chi connectivity index (χ1v) is 14.0. The molecule has 0 saturated heterocycles. The summed E-state index contributed by atoms with van der Waals surface area (Å²) in [6, 6.07) is 8.67. The van der Waals surface area contributed by atoms with Crippen LogP contribution >= 0.6 is 11.8 Å². The number of nitrogens with one attached hydrogen (secondary N) is 1. The fourth-order valence-corrected chi connectivity index (χ4v) is 5.12. The maximum Gasteiger partial charge on any atom is 0.328 e. The van der Waals surface area contributed by atoms with Crippen molar-refractivity contribution in [3.63, 3.8) is 0 Å². The second-order valence-electron chi connectivity index (χ2n) is 9.09. The fraction of sp³-hybridized carbons (Fsp3) is 0.519. The van der Waals surface area contributed by atoms with Crippen LogP contribution in [0.5, 0.6) is 0 Å². The number of fused-ring (bicyclic) bond motifs is 1. The summed E-state index contributed by atoms with van der Waals surface area (Å²) in [5, 5.41) is 3.50. The standard InChI is InChI=1S/C27H38N6O3S/c1-3-4-5-6-7-8-9-13-16-37-25-23-24(31-27(28)32-25)33(19-29-23)18-22(34)30-21(26(35)36-2)17-20-14-11-10-12-15-20/h10-12,14-15,19,21H,3-9,13,16-18H2,1-2H3,(H,30,34)(H2,28,31,32)/t21-/m1/s1. The van der Waals surface area contributed by atoms with E-state index in [1.807, 2.05) is 30.3 Å². The number of unbranched alkanes of at least 4 members (excludes halogenated alkanes) is 7. The Balaban J connectivity index is 1.57. The van der Waals surface area contributed by atoms with Gasteiger partial charge < -0.3 is 20.4 Å². The van der Waals surface area contributed by atoms with E-state index in [0.29, 0.717) is 17.6 Å². The predicted molar refractivity (Wildman–Crippen MR) is 147 cm³/mol. The van der Waals surface area contributed by atoms with Crippen LogP contribution in [0.15, 0.2) is 41.7 Å². The number of hydrogen-bond donors (Lipinski definition) is 2. The Hall–Kier alpha value is -3.14. The zero-order valence-corrected chi connectivity index (χ0v) is 22.6. The number of methoxy groups -OCH3 is 1. The molecular formula is C27H38N6O3S. The van der Waals surface area contributed by atoms with Crippen LogP contribution in [0.2, 0.25) is 0 Å². The smallest absolute Gasteiger partial charge is 0.328 e. The summed E-state index contributed by atoms with van der Waals surface area (Å²) in [7, 11) is 1.31. The minimum absolute atomic E-state index is 0.0582. The SMILES string of the molecule is CCCCCCCCCCSc1nc(N)nc2c1ncn2CC(=O)N[C@H](Cc1ccccc1)C(=O)OC. The Morgan fingerprint density at radius 1 is 1.05 bits per heavy atom. The molecule has 9 nitrogen and oxygen atoms in total. The van der Waals surface area contributed by atoms with Gasteiger partial charge in [0.15, 0.2) is 5.65 Å². The number of esters is 1. The van der Waals surface area contributed by atoms with Crippen LogP contribution in [0.1, 0.15) is 63.9 Å². The Bertz CT molecular complexity index is 1140. The van der Waals surface area contributed by atoms with E-state index >= 15 is 0 Å². The highest BCUT2D eigenvalue weighted by molar-refractivity contribution is 7.99. The van der Waals surface area contributed by atoms with Crippen molar-refractivity contribution in [2.75, 3.05) is 18.6 Å². The van der Waals surface area contributed by atoms with Gasteiger partial charge in [-0.25, -0.2) is 14.8 Å². The molecule has 2 aromatic heterocycles. The first kappa shape index (κ1) is 28.4. The van der Waals surface area contributed by atoms with Gasteiger partial charge >= 0.3 is 5.97 Å². The number of nitrogens with two attached hydrogens (primary N) is 1. The summed E-state index contributed by atoms with van der Waals surface area (Å²) < 4.78 is 6.52. The molecule has 37 heavy (non-hydrogen) atoms. The van der Waals surface area contributed by atoms with E-state index in [0.717, 1.165) is 22.8 Å². The number of carbonyl (C=O) groups is 2. The number of nitrogens with zero attached hydrogens (tertiary/aromatic N) is 4. The van der Waals surface area contributed by atoms with Crippen molar-refractivity contribution in [1.29, 1.82) is 0 Å². The molecule has 0 saturated carbocycles. The van der Waals surface area contributed by atoms with Crippen LogP contribution in [-0.2, 0) is 27.3 Å². The molecule has 0 bridgehead atoms. The quantitative estimate of drug-likeness (QED) is 0.121. The van der Waals surface area contributed by atoms with Crippen molar-refractivity contribution in [3.8, 4) is 0 Å². The summed E-state index contributed by atoms with van der Waals surface area (Å²) in [4.78, 5) is 38.3. The number of ether oxygens (including phenoxy) is 1. The van der Waals surface area contributed by atoms with Crippen LogP contribution in [-0.4, -0.2) is 50.3 Å². The van der Waals surface area contributed by atoms with Crippen LogP contribution < -0.4 is 11.1 Å². The van der Waals surface area contributed by atoms with Crippen LogP contribution in [0, 0.1) is 0 Å². The van der Waals surface area contributed by atoms with Gasteiger partial charge in [-0.3, -0.25) is 4.79 Å². The van der Waals surface area contributed by atoms with Crippen molar-refractivity contribution >= 4 is 40.8 Å². The molecule has 0 fully saturated rings. The minimum atomic E-state index is -0.799. The van der Waals surface area contributed by atoms with Gasteiger partial charge in [-0.05, 0) is 17.7 Å². The lowest BCUT2D eigenvalue weighted by Crippen LogP contribution is -2.44. The maximum atomic E-state index is 12.9. The van der Waals surface area contributed by atoms with Gasteiger partial charge in [0.1, 0.15) is 23.1 Å². The zero-order valence-electron chi connectivity index (χ0n) is 21.8. The first-order valence-electron chi connectivity index (χ1n) is 13.0. The van der Waals surface area contributed by atoms with E-state index in [-0.39, 0.29) is 18.4 Å². The van der Waals surface area contributed by atoms with Crippen LogP contribution in [0.3, 0.4) is 0 Å². The number of thioether (sulfide) groups is 1. The monoisotopic (exact) mass is 526 g/mol. The molecule has 0 spiro atoms. The molecule has 0 aliphatic carbocycles. The molecule has 1 amide bonds. The van der Waals surface area contributed by atoms with Crippen molar-refractivity contribution in [2.24, 2.45) is 0 Å². The summed E-state index contributed by atoms with van der Waals surface area (Å²) in [6.07, 6.45) is 12.0. The lowest BCUT2D eigenvalue weighted by atomic mass is 10.1. The molecule has 1 atom stereocenters. The molecule has 200 valence electrons. The number of rotatable bonds is 16. The number of hydrogen-bond acceptors (Lipinski definition) is 8. The molecule has 0 aliphatic heterocycles. The van der Waals surface area contributed by atoms with E-state index in [2.05, 4.69) is 27.2 Å². The van der Waals surface area contributed by atoms with Gasteiger partial charge in [0.05, 0.1) is 13.4 Å². The van der Waals surface area contributed by atoms with Crippen molar-refractivity contribution in [1.82, 2.24) is 24.8 Å². The molecule has 1 aromatic carbocycles. The van der Waals surface area contributed by atoms with E-state index in [9.17, 15) is 9.59 Å². The van der Waals surface area contributed by atoms with Gasteiger partial charge in [0.2, 0.25) is 11.9 Å². The van der Waals surface area contributed by atoms with Gasteiger partial charge in [-0.2, -0.15) is 4.98 Å². The number of carbonyl (C=O) groups excluding carboxylic acids is 2. The summed E-state index contributed by atoms with van der Waals surface area (Å²) >= 11 is 1.62. The topological polar surface area (TPSA) is 125 Å². The summed E-state index contributed by atoms with van der Waals surface area (Å²) in [5.74, 6) is 0.216. The maximum absolute atomic E-state index is 12.9. The minimum Gasteiger partial charge on any atom is -0.467 e. The van der Waals surface area contributed by atoms with Gasteiger partial charge in [-0.15, -0.1) is 11.8 Å². The molecule has 3 aromatic rings. The fourth-order valence-electron chi connectivity index (χ4n) is 4.14. The largest absolute Gasteiger partial charge is 0.467 e. The second kappa shape index (κ2) is 15.2. The molecular weight excluding hydrogens is 488 g/mol. The third kappa shape index (κ3) is 9.03. The van der Waals surface area contributed by atoms with Crippen molar-refractivity contribution in [3.05, 3.63) is 42.2 Å². The first-order chi connectivity index (χ1) is 18.0. The van der Waals surface area contributed by atoms with Crippen molar-refractivity contribution in [2.45, 2.75) is 82.3 Å². The zero-order chi connectivity index (χ0) is 26.5. The Morgan fingerprint density at radius 3 is 2.46 bits per heavy atom. The van der Waals surface area contributed by atoms with E-state index in [4.69, 9.17) is 10.5 Å². The number of aromatic nitrogens is 4. The number of benzene rings is 1. The molecule has 2 heterocycles. The number of imidazole rings is 1. The lowest BCUT2D eigenvalue weighted by molar-refractivity contribution is -0.145. The molecule has 3 N–H and O–H groups in total. The third-order valence-electron chi connectivity index (χ3n) is 6.10. The van der Waals surface area contributed by atoms with Gasteiger partial charge in [0, 0.05) is 6.42 Å². The normalized spacial score (nSPS) is 11.9. The number of anilines is 1. The average Bonchev–Trinajstić information content (AvgIpc) is 3.29. The van der Waals surface area contributed by atoms with Crippen LogP contribution in [0.4, 0.5) is 5.95 Å². The molecule has 0 radical (unpaired) electrons. The molecule has 0 aliphatic rings. The molecule has 3 rings (SSSR count). The average molecular weight is 527 g/mol. The summed E-state index contributed by atoms with van der Waals surface area (Å²) in [6.45, 7) is 2.18. The number of amides is 1. The Kier molecular flexibility index (Phi) is 11.7. The molecule has 0 unspecified atom stereocenters. The van der Waals surface area contributed by atoms with E-state index < -0.39 is 12.0 Å². The highest BCUT2D eigenvalue weighted by atomic mass is 32.2. The van der Waals surface area contributed by atoms with E-state index in [1.165, 1.54) is 52.1 Å². The van der Waals surface area contributed by atoms with E-state index in [1.54, 1.807) is 22.7 Å². The highest BCUT2D eigenvalue weighted by Gasteiger charge is 2.23. The third-order valence-corrected chi connectivity index (χ3v) is 7.15. The van der Waals surface area contributed by atoms with Crippen LogP contribution in [0.25, 0.3) is 11.2 Å². The van der Waals surface area contributed by atoms with Gasteiger partial charge in [-0.1, -0.05) is 82.2 Å². The lowest BCUT2D eigenvalue weighted by Gasteiger charge is -2.17. The number of nitrogen functional groups attached to an aromatic ring is 1. The van der Waals surface area contributed by atoms with Gasteiger partial charge in [0.25, 0.3) is 0 Å².